The number of fused-ring (bicyclic) bond motifs is 1. The Labute approximate surface area is 254 Å². The van der Waals surface area contributed by atoms with Crippen molar-refractivity contribution < 1.29 is 33.3 Å². The van der Waals surface area contributed by atoms with Crippen molar-refractivity contribution in [3.05, 3.63) is 34.4 Å². The Morgan fingerprint density at radius 2 is 1.76 bits per heavy atom. The summed E-state index contributed by atoms with van der Waals surface area (Å²) in [5.74, 6) is 0.135. The molecule has 2 aromatic rings. The molecule has 42 heavy (non-hydrogen) atoms. The lowest BCUT2D eigenvalue weighted by molar-refractivity contribution is -0.151. The number of hydrogen-bond donors (Lipinski definition) is 0. The van der Waals surface area contributed by atoms with Crippen LogP contribution in [0.25, 0.3) is 11.0 Å². The van der Waals surface area contributed by atoms with Gasteiger partial charge in [-0.15, -0.1) is 0 Å². The molecule has 11 nitrogen and oxygen atoms in total. The average molecular weight is 621 g/mol. The van der Waals surface area contributed by atoms with Crippen molar-refractivity contribution in [2.45, 2.75) is 84.3 Å². The molecule has 1 fully saturated rings. The molecule has 0 radical (unpaired) electrons. The molecule has 0 aliphatic heterocycles. The standard InChI is InChI=1S/C29H40N4O7S2/c1-5-33(19-34)20(3)26(42-41-6-2)16-17-38-27(35)8-7-9-28(36)39-23-13-11-22(12-14-23)32(4)29(37)21-10-15-24-25(18-21)31-40-30-24/h10,15,18-19,22-23H,5-9,11-14,16-17H2,1-4H3/b26-20-. The third-order valence-corrected chi connectivity index (χ3v) is 9.96. The number of esters is 2. The van der Waals surface area contributed by atoms with E-state index in [1.807, 2.05) is 13.8 Å². The molecule has 1 aliphatic carbocycles. The highest BCUT2D eigenvalue weighted by molar-refractivity contribution is 8.78. The largest absolute Gasteiger partial charge is 0.465 e. The number of rotatable bonds is 16. The predicted molar refractivity (Wildman–Crippen MR) is 162 cm³/mol. The first kappa shape index (κ1) is 33.4. The summed E-state index contributed by atoms with van der Waals surface area (Å²) >= 11 is 0. The van der Waals surface area contributed by atoms with Gasteiger partial charge in [-0.25, -0.2) is 4.63 Å². The summed E-state index contributed by atoms with van der Waals surface area (Å²) in [4.78, 5) is 53.3. The SMILES string of the molecule is CCSS/C(CCOC(=O)CCCC(=O)OC1CCC(N(C)C(=O)c2ccc3nonc3c2)CC1)=C(/C)N(C=O)CC. The van der Waals surface area contributed by atoms with E-state index in [4.69, 9.17) is 14.1 Å². The molecule has 0 atom stereocenters. The molecule has 1 heterocycles. The first-order chi connectivity index (χ1) is 20.3. The Hall–Kier alpha value is -3.06. The van der Waals surface area contributed by atoms with Crippen LogP contribution in [0, 0.1) is 0 Å². The molecular weight excluding hydrogens is 580 g/mol. The summed E-state index contributed by atoms with van der Waals surface area (Å²) in [6, 6.07) is 5.15. The van der Waals surface area contributed by atoms with Crippen LogP contribution >= 0.6 is 21.6 Å². The Morgan fingerprint density at radius 3 is 2.45 bits per heavy atom. The zero-order valence-electron chi connectivity index (χ0n) is 24.7. The topological polar surface area (TPSA) is 132 Å². The molecule has 0 unspecified atom stereocenters. The fraction of sp³-hybridized carbons (Fsp3) is 0.586. The Bertz CT molecular complexity index is 1240. The fourth-order valence-corrected chi connectivity index (χ4v) is 6.81. The van der Waals surface area contributed by atoms with E-state index >= 15 is 0 Å². The highest BCUT2D eigenvalue weighted by Crippen LogP contribution is 2.35. The third-order valence-electron chi connectivity index (χ3n) is 7.24. The number of hydrogen-bond acceptors (Lipinski definition) is 11. The number of allylic oxidation sites excluding steroid dienone is 1. The summed E-state index contributed by atoms with van der Waals surface area (Å²) in [6.45, 7) is 6.65. The van der Waals surface area contributed by atoms with Gasteiger partial charge in [0.05, 0.1) is 6.61 Å². The van der Waals surface area contributed by atoms with Crippen LogP contribution in [0.4, 0.5) is 0 Å². The molecule has 1 aliphatic rings. The molecule has 13 heteroatoms. The lowest BCUT2D eigenvalue weighted by Crippen LogP contribution is -2.41. The number of amides is 2. The first-order valence-electron chi connectivity index (χ1n) is 14.3. The van der Waals surface area contributed by atoms with E-state index in [2.05, 4.69) is 17.2 Å². The second-order valence-electron chi connectivity index (χ2n) is 10.0. The van der Waals surface area contributed by atoms with Crippen LogP contribution in [0.3, 0.4) is 0 Å². The van der Waals surface area contributed by atoms with Gasteiger partial charge in [-0.2, -0.15) is 0 Å². The van der Waals surface area contributed by atoms with Crippen molar-refractivity contribution in [3.8, 4) is 0 Å². The molecule has 1 aromatic carbocycles. The highest BCUT2D eigenvalue weighted by atomic mass is 33.1. The van der Waals surface area contributed by atoms with Crippen LogP contribution in [0.2, 0.25) is 0 Å². The number of carbonyl (C=O) groups is 4. The molecule has 2 amide bonds. The van der Waals surface area contributed by atoms with Gasteiger partial charge in [0.25, 0.3) is 5.91 Å². The monoisotopic (exact) mass is 620 g/mol. The lowest BCUT2D eigenvalue weighted by Gasteiger charge is -2.34. The number of ether oxygens (including phenoxy) is 2. The molecule has 0 saturated heterocycles. The van der Waals surface area contributed by atoms with Crippen LogP contribution in [0.5, 0.6) is 0 Å². The minimum absolute atomic E-state index is 0.0509. The Balaban J connectivity index is 1.33. The van der Waals surface area contributed by atoms with Crippen LogP contribution in [0.15, 0.2) is 33.4 Å². The van der Waals surface area contributed by atoms with E-state index in [0.29, 0.717) is 48.8 Å². The van der Waals surface area contributed by atoms with Crippen LogP contribution < -0.4 is 0 Å². The van der Waals surface area contributed by atoms with Gasteiger partial charge in [0.15, 0.2) is 0 Å². The highest BCUT2D eigenvalue weighted by Gasteiger charge is 2.29. The van der Waals surface area contributed by atoms with Gasteiger partial charge in [-0.05, 0) is 74.5 Å². The lowest BCUT2D eigenvalue weighted by atomic mass is 9.91. The Kier molecular flexibility index (Phi) is 13.7. The van der Waals surface area contributed by atoms with Gasteiger partial charge < -0.3 is 19.3 Å². The quantitative estimate of drug-likeness (QED) is 0.136. The average Bonchev–Trinajstić information content (AvgIpc) is 3.47. The number of benzene rings is 1. The van der Waals surface area contributed by atoms with Gasteiger partial charge in [0, 0.05) is 60.8 Å². The minimum atomic E-state index is -0.358. The van der Waals surface area contributed by atoms with E-state index in [0.717, 1.165) is 35.6 Å². The van der Waals surface area contributed by atoms with E-state index in [1.165, 1.54) is 0 Å². The predicted octanol–water partition coefficient (Wildman–Crippen LogP) is 5.36. The molecule has 230 valence electrons. The smallest absolute Gasteiger partial charge is 0.306 e. The van der Waals surface area contributed by atoms with Crippen molar-refractivity contribution in [3.63, 3.8) is 0 Å². The summed E-state index contributed by atoms with van der Waals surface area (Å²) in [5.41, 5.74) is 2.53. The maximum atomic E-state index is 13.0. The minimum Gasteiger partial charge on any atom is -0.465 e. The van der Waals surface area contributed by atoms with E-state index in [-0.39, 0.29) is 49.4 Å². The van der Waals surface area contributed by atoms with Gasteiger partial charge in [0.1, 0.15) is 17.1 Å². The fourth-order valence-electron chi connectivity index (χ4n) is 4.75. The molecule has 1 aromatic heterocycles. The maximum Gasteiger partial charge on any atom is 0.306 e. The van der Waals surface area contributed by atoms with Crippen LogP contribution in [-0.2, 0) is 23.9 Å². The summed E-state index contributed by atoms with van der Waals surface area (Å²) < 4.78 is 15.7. The molecule has 0 bridgehead atoms. The van der Waals surface area contributed by atoms with Gasteiger partial charge in [-0.1, -0.05) is 28.5 Å². The van der Waals surface area contributed by atoms with E-state index in [1.54, 1.807) is 56.6 Å². The van der Waals surface area contributed by atoms with Gasteiger partial charge in [-0.3, -0.25) is 19.2 Å². The number of carbonyl (C=O) groups excluding carboxylic acids is 4. The summed E-state index contributed by atoms with van der Waals surface area (Å²) in [6.07, 6.45) is 4.58. The zero-order chi connectivity index (χ0) is 30.5. The summed E-state index contributed by atoms with van der Waals surface area (Å²) in [7, 11) is 5.06. The van der Waals surface area contributed by atoms with Crippen molar-refractivity contribution in [1.82, 2.24) is 20.1 Å². The van der Waals surface area contributed by atoms with Crippen molar-refractivity contribution in [2.75, 3.05) is 26.0 Å². The third kappa shape index (κ3) is 9.75. The van der Waals surface area contributed by atoms with Crippen molar-refractivity contribution in [1.29, 1.82) is 0 Å². The first-order valence-corrected chi connectivity index (χ1v) is 16.6. The van der Waals surface area contributed by atoms with Gasteiger partial charge in [0.2, 0.25) is 6.41 Å². The molecule has 0 spiro atoms. The molecule has 3 rings (SSSR count). The van der Waals surface area contributed by atoms with Crippen molar-refractivity contribution in [2.24, 2.45) is 0 Å². The zero-order valence-corrected chi connectivity index (χ0v) is 26.3. The normalized spacial score (nSPS) is 17.3. The number of nitrogens with zero attached hydrogens (tertiary/aromatic N) is 4. The second-order valence-corrected chi connectivity index (χ2v) is 12.7. The molecule has 0 N–H and O–H groups in total. The molecule has 1 saturated carbocycles. The van der Waals surface area contributed by atoms with Crippen LogP contribution in [-0.4, -0.2) is 82.5 Å². The van der Waals surface area contributed by atoms with Gasteiger partial charge >= 0.3 is 11.9 Å². The molecular formula is C29H40N4O7S2. The summed E-state index contributed by atoms with van der Waals surface area (Å²) in [5, 5.41) is 7.57. The van der Waals surface area contributed by atoms with Crippen LogP contribution in [0.1, 0.15) is 82.5 Å². The number of aromatic nitrogens is 2. The van der Waals surface area contributed by atoms with E-state index in [9.17, 15) is 19.2 Å². The van der Waals surface area contributed by atoms with Crippen molar-refractivity contribution >= 4 is 56.9 Å². The second kappa shape index (κ2) is 17.2. The van der Waals surface area contributed by atoms with E-state index < -0.39 is 0 Å². The maximum absolute atomic E-state index is 13.0. The Morgan fingerprint density at radius 1 is 1.05 bits per heavy atom.